The van der Waals surface area contributed by atoms with Crippen LogP contribution in [0.3, 0.4) is 0 Å². The van der Waals surface area contributed by atoms with Crippen LogP contribution in [0.5, 0.6) is 11.5 Å². The predicted octanol–water partition coefficient (Wildman–Crippen LogP) is 3.63. The highest BCUT2D eigenvalue weighted by Gasteiger charge is 2.09. The Morgan fingerprint density at radius 2 is 1.63 bits per heavy atom. The summed E-state index contributed by atoms with van der Waals surface area (Å²) in [5, 5.41) is 3.57. The summed E-state index contributed by atoms with van der Waals surface area (Å²) in [4.78, 5) is 23.4. The van der Waals surface area contributed by atoms with Crippen LogP contribution < -0.4 is 14.8 Å². The van der Waals surface area contributed by atoms with E-state index in [-0.39, 0.29) is 13.2 Å². The van der Waals surface area contributed by atoms with Gasteiger partial charge in [0.1, 0.15) is 11.5 Å². The monoisotopic (exact) mass is 411 g/mol. The maximum atomic E-state index is 11.8. The van der Waals surface area contributed by atoms with E-state index in [0.717, 1.165) is 0 Å². The molecule has 144 valence electrons. The minimum Gasteiger partial charge on any atom is -0.494 e. The summed E-state index contributed by atoms with van der Waals surface area (Å²) < 4.78 is 15.5. The molecule has 0 unspecified atom stereocenters. The molecule has 0 radical (unpaired) electrons. The molecule has 0 heterocycles. The molecule has 0 atom stereocenters. The second-order valence-corrected chi connectivity index (χ2v) is 6.21. The van der Waals surface area contributed by atoms with Crippen molar-refractivity contribution in [3.8, 4) is 11.5 Å². The van der Waals surface area contributed by atoms with Gasteiger partial charge in [0, 0.05) is 16.6 Å². The van der Waals surface area contributed by atoms with Crippen molar-refractivity contribution >= 4 is 35.1 Å². The molecule has 0 aliphatic heterocycles. The van der Waals surface area contributed by atoms with Crippen LogP contribution in [0.2, 0.25) is 10.0 Å². The molecular weight excluding hydrogens is 393 g/mol. The number of amides is 1. The molecule has 27 heavy (non-hydrogen) atoms. The quantitative estimate of drug-likeness (QED) is 0.637. The molecule has 0 aliphatic carbocycles. The van der Waals surface area contributed by atoms with Gasteiger partial charge < -0.3 is 19.5 Å². The van der Waals surface area contributed by atoms with E-state index in [9.17, 15) is 9.59 Å². The third-order valence-corrected chi connectivity index (χ3v) is 3.93. The van der Waals surface area contributed by atoms with Gasteiger partial charge in [0.2, 0.25) is 0 Å². The summed E-state index contributed by atoms with van der Waals surface area (Å²) in [6, 6.07) is 11.8. The fourth-order valence-electron chi connectivity index (χ4n) is 2.04. The van der Waals surface area contributed by atoms with E-state index >= 15 is 0 Å². The lowest BCUT2D eigenvalue weighted by molar-refractivity contribution is -0.150. The average molecular weight is 412 g/mol. The molecule has 0 aromatic heterocycles. The third-order valence-electron chi connectivity index (χ3n) is 3.35. The van der Waals surface area contributed by atoms with Gasteiger partial charge in [-0.3, -0.25) is 4.79 Å². The normalized spacial score (nSPS) is 10.2. The topological polar surface area (TPSA) is 73.9 Å². The molecule has 0 spiro atoms. The minimum atomic E-state index is -0.649. The van der Waals surface area contributed by atoms with Gasteiger partial charge in [-0.05, 0) is 48.9 Å². The van der Waals surface area contributed by atoms with Gasteiger partial charge in [-0.2, -0.15) is 0 Å². The maximum Gasteiger partial charge on any atom is 0.344 e. The van der Waals surface area contributed by atoms with Gasteiger partial charge in [-0.1, -0.05) is 29.3 Å². The van der Waals surface area contributed by atoms with Crippen LogP contribution in [0.15, 0.2) is 42.5 Å². The molecule has 0 saturated carbocycles. The number of nitrogens with one attached hydrogen (secondary N) is 1. The Labute approximate surface area is 167 Å². The minimum absolute atomic E-state index is 0.203. The van der Waals surface area contributed by atoms with Crippen molar-refractivity contribution < 1.29 is 23.8 Å². The first kappa shape index (κ1) is 20.9. The van der Waals surface area contributed by atoms with E-state index in [1.807, 2.05) is 6.92 Å². The summed E-state index contributed by atoms with van der Waals surface area (Å²) in [7, 11) is 0. The predicted molar refractivity (Wildman–Crippen MR) is 102 cm³/mol. The summed E-state index contributed by atoms with van der Waals surface area (Å²) in [6.45, 7) is 1.95. The number of halogens is 2. The molecule has 0 aliphatic rings. The summed E-state index contributed by atoms with van der Waals surface area (Å²) in [5.41, 5.74) is 0.708. The number of carbonyl (C=O) groups is 2. The van der Waals surface area contributed by atoms with Gasteiger partial charge in [0.05, 0.1) is 6.61 Å². The highest BCUT2D eigenvalue weighted by Crippen LogP contribution is 2.20. The van der Waals surface area contributed by atoms with Gasteiger partial charge in [0.25, 0.3) is 5.91 Å². The number of carbonyl (C=O) groups excluding carboxylic acids is 2. The zero-order valence-electron chi connectivity index (χ0n) is 14.7. The summed E-state index contributed by atoms with van der Waals surface area (Å²) >= 11 is 11.8. The molecule has 8 heteroatoms. The standard InChI is InChI=1S/C19H19Cl2NO5/c1-2-25-15-5-7-16(8-6-15)26-12-19(24)27-11-18(23)22-10-13-3-4-14(20)9-17(13)21/h3-9H,2,10-12H2,1H3,(H,22,23). The van der Waals surface area contributed by atoms with Crippen molar-refractivity contribution in [3.05, 3.63) is 58.1 Å². The number of ether oxygens (including phenoxy) is 3. The Kier molecular flexibility index (Phi) is 8.23. The first-order chi connectivity index (χ1) is 13.0. The molecule has 6 nitrogen and oxygen atoms in total. The Bertz CT molecular complexity index is 780. The summed E-state index contributed by atoms with van der Waals surface area (Å²) in [6.07, 6.45) is 0. The lowest BCUT2D eigenvalue weighted by atomic mass is 10.2. The third kappa shape index (κ3) is 7.37. The number of benzene rings is 2. The number of rotatable bonds is 9. The lowest BCUT2D eigenvalue weighted by Crippen LogP contribution is -2.29. The smallest absolute Gasteiger partial charge is 0.344 e. The Hall–Kier alpha value is -2.44. The fraction of sp³-hybridized carbons (Fsp3) is 0.263. The van der Waals surface area contributed by atoms with Crippen molar-refractivity contribution in [2.75, 3.05) is 19.8 Å². The average Bonchev–Trinajstić information content (AvgIpc) is 2.65. The molecule has 2 rings (SSSR count). The molecule has 0 bridgehead atoms. The van der Waals surface area contributed by atoms with Gasteiger partial charge in [0.15, 0.2) is 13.2 Å². The van der Waals surface area contributed by atoms with Crippen LogP contribution >= 0.6 is 23.2 Å². The number of hydrogen-bond donors (Lipinski definition) is 1. The van der Waals surface area contributed by atoms with Crippen molar-refractivity contribution in [3.63, 3.8) is 0 Å². The Balaban J connectivity index is 1.67. The van der Waals surface area contributed by atoms with E-state index in [2.05, 4.69) is 5.32 Å². The largest absolute Gasteiger partial charge is 0.494 e. The molecule has 2 aromatic rings. The van der Waals surface area contributed by atoms with Crippen molar-refractivity contribution in [1.82, 2.24) is 5.32 Å². The van der Waals surface area contributed by atoms with Crippen molar-refractivity contribution in [2.45, 2.75) is 13.5 Å². The second-order valence-electron chi connectivity index (χ2n) is 5.37. The first-order valence-corrected chi connectivity index (χ1v) is 8.95. The molecule has 1 N–H and O–H groups in total. The van der Waals surface area contributed by atoms with Crippen LogP contribution in [0, 0.1) is 0 Å². The Morgan fingerprint density at radius 3 is 2.26 bits per heavy atom. The van der Waals surface area contributed by atoms with Crippen LogP contribution in [0.1, 0.15) is 12.5 Å². The Morgan fingerprint density at radius 1 is 0.963 bits per heavy atom. The van der Waals surface area contributed by atoms with Crippen molar-refractivity contribution in [2.24, 2.45) is 0 Å². The van der Waals surface area contributed by atoms with E-state index in [4.69, 9.17) is 37.4 Å². The lowest BCUT2D eigenvalue weighted by Gasteiger charge is -2.09. The molecule has 1 amide bonds. The number of esters is 1. The van der Waals surface area contributed by atoms with Gasteiger partial charge in [-0.15, -0.1) is 0 Å². The van der Waals surface area contributed by atoms with Gasteiger partial charge in [-0.25, -0.2) is 4.79 Å². The highest BCUT2D eigenvalue weighted by atomic mass is 35.5. The summed E-state index contributed by atoms with van der Waals surface area (Å²) in [5.74, 6) is 0.112. The van der Waals surface area contributed by atoms with Crippen LogP contribution in [0.4, 0.5) is 0 Å². The molecule has 0 fully saturated rings. The SMILES string of the molecule is CCOc1ccc(OCC(=O)OCC(=O)NCc2ccc(Cl)cc2Cl)cc1. The van der Waals surface area contributed by atoms with Crippen LogP contribution in [0.25, 0.3) is 0 Å². The zero-order chi connectivity index (χ0) is 19.6. The van der Waals surface area contributed by atoms with Gasteiger partial charge >= 0.3 is 5.97 Å². The molecule has 0 saturated heterocycles. The van der Waals surface area contributed by atoms with E-state index in [1.54, 1.807) is 42.5 Å². The fourth-order valence-corrected chi connectivity index (χ4v) is 2.51. The second kappa shape index (κ2) is 10.6. The van der Waals surface area contributed by atoms with E-state index in [1.165, 1.54) is 0 Å². The van der Waals surface area contributed by atoms with Crippen molar-refractivity contribution in [1.29, 1.82) is 0 Å². The zero-order valence-corrected chi connectivity index (χ0v) is 16.2. The van der Waals surface area contributed by atoms with E-state index < -0.39 is 18.5 Å². The highest BCUT2D eigenvalue weighted by molar-refractivity contribution is 6.35. The van der Waals surface area contributed by atoms with Crippen LogP contribution in [-0.2, 0) is 20.9 Å². The molecule has 2 aromatic carbocycles. The maximum absolute atomic E-state index is 11.8. The van der Waals surface area contributed by atoms with Crippen LogP contribution in [-0.4, -0.2) is 31.7 Å². The van der Waals surface area contributed by atoms with E-state index in [0.29, 0.717) is 33.7 Å². The molecular formula is C19H19Cl2NO5. The number of hydrogen-bond acceptors (Lipinski definition) is 5. The first-order valence-electron chi connectivity index (χ1n) is 8.20.